The third kappa shape index (κ3) is 2.77. The van der Waals surface area contributed by atoms with Crippen molar-refractivity contribution in [2.45, 2.75) is 19.8 Å². The van der Waals surface area contributed by atoms with E-state index in [4.69, 9.17) is 0 Å². The molecule has 0 aromatic heterocycles. The van der Waals surface area contributed by atoms with E-state index in [0.717, 1.165) is 12.8 Å². The van der Waals surface area contributed by atoms with Crippen LogP contribution in [-0.4, -0.2) is 37.9 Å². The Hall–Kier alpha value is -0.420. The fraction of sp³-hybridized carbons (Fsp3) is 0.875. The Labute approximate surface area is 79.0 Å². The molecular formula is C8H15NO3S. The summed E-state index contributed by atoms with van der Waals surface area (Å²) in [6.07, 6.45) is 2.80. The Kier molecular flexibility index (Phi) is 3.08. The van der Waals surface area contributed by atoms with E-state index >= 15 is 0 Å². The number of hydrogen-bond donors (Lipinski definition) is 0. The van der Waals surface area contributed by atoms with Gasteiger partial charge in [-0.1, -0.05) is 0 Å². The molecule has 1 heterocycles. The first-order valence-corrected chi connectivity index (χ1v) is 6.21. The third-order valence-electron chi connectivity index (χ3n) is 2.43. The van der Waals surface area contributed by atoms with Crippen LogP contribution in [0, 0.1) is 5.92 Å². The fourth-order valence-corrected chi connectivity index (χ4v) is 2.49. The SMILES string of the molecule is CC(=O)C1CCCN(S(C)(=O)=O)C1. The molecule has 1 fully saturated rings. The Morgan fingerprint density at radius 1 is 1.46 bits per heavy atom. The molecule has 1 unspecified atom stereocenters. The molecule has 1 rings (SSSR count). The van der Waals surface area contributed by atoms with Gasteiger partial charge in [0.2, 0.25) is 10.0 Å². The van der Waals surface area contributed by atoms with Crippen LogP contribution in [0.1, 0.15) is 19.8 Å². The lowest BCUT2D eigenvalue weighted by Crippen LogP contribution is -2.41. The number of carbonyl (C=O) groups is 1. The quantitative estimate of drug-likeness (QED) is 0.649. The van der Waals surface area contributed by atoms with Crippen LogP contribution >= 0.6 is 0 Å². The number of ketones is 1. The number of rotatable bonds is 2. The van der Waals surface area contributed by atoms with Crippen LogP contribution in [0.15, 0.2) is 0 Å². The molecule has 0 aliphatic carbocycles. The van der Waals surface area contributed by atoms with Gasteiger partial charge in [0.1, 0.15) is 5.78 Å². The smallest absolute Gasteiger partial charge is 0.211 e. The number of hydrogen-bond acceptors (Lipinski definition) is 3. The minimum Gasteiger partial charge on any atom is -0.300 e. The normalized spacial score (nSPS) is 25.8. The third-order valence-corrected chi connectivity index (χ3v) is 3.70. The zero-order chi connectivity index (χ0) is 10.1. The maximum atomic E-state index is 11.2. The molecule has 1 aliphatic rings. The predicted octanol–water partition coefficient (Wildman–Crippen LogP) is 0.247. The van der Waals surface area contributed by atoms with Crippen LogP contribution in [0.2, 0.25) is 0 Å². The monoisotopic (exact) mass is 205 g/mol. The van der Waals surface area contributed by atoms with Gasteiger partial charge in [-0.3, -0.25) is 4.79 Å². The van der Waals surface area contributed by atoms with Crippen molar-refractivity contribution in [2.24, 2.45) is 5.92 Å². The molecule has 4 nitrogen and oxygen atoms in total. The largest absolute Gasteiger partial charge is 0.300 e. The van der Waals surface area contributed by atoms with E-state index in [0.29, 0.717) is 13.1 Å². The molecule has 5 heteroatoms. The van der Waals surface area contributed by atoms with Crippen LogP contribution in [0.4, 0.5) is 0 Å². The molecule has 1 saturated heterocycles. The summed E-state index contributed by atoms with van der Waals surface area (Å²) in [5.41, 5.74) is 0. The van der Waals surface area contributed by atoms with Crippen molar-refractivity contribution in [3.63, 3.8) is 0 Å². The first kappa shape index (κ1) is 10.7. The molecule has 13 heavy (non-hydrogen) atoms. The van der Waals surface area contributed by atoms with Crippen molar-refractivity contribution in [2.75, 3.05) is 19.3 Å². The molecule has 0 bridgehead atoms. The minimum atomic E-state index is -3.11. The average Bonchev–Trinajstić information content (AvgIpc) is 2.03. The molecule has 0 spiro atoms. The molecule has 1 aliphatic heterocycles. The number of carbonyl (C=O) groups excluding carboxylic acids is 1. The number of piperidine rings is 1. The van der Waals surface area contributed by atoms with Gasteiger partial charge in [0.15, 0.2) is 0 Å². The first-order chi connectivity index (χ1) is 5.91. The summed E-state index contributed by atoms with van der Waals surface area (Å²) in [6, 6.07) is 0. The molecule has 0 N–H and O–H groups in total. The maximum Gasteiger partial charge on any atom is 0.211 e. The molecule has 0 radical (unpaired) electrons. The summed E-state index contributed by atoms with van der Waals surface area (Å²) >= 11 is 0. The van der Waals surface area contributed by atoms with Gasteiger partial charge in [-0.2, -0.15) is 0 Å². The average molecular weight is 205 g/mol. The molecule has 0 saturated carbocycles. The summed E-state index contributed by atoms with van der Waals surface area (Å²) in [5.74, 6) is -0.00294. The van der Waals surface area contributed by atoms with Crippen molar-refractivity contribution < 1.29 is 13.2 Å². The van der Waals surface area contributed by atoms with Gasteiger partial charge in [0, 0.05) is 19.0 Å². The number of Topliss-reactive ketones (excluding diaryl/α,β-unsaturated/α-hetero) is 1. The van der Waals surface area contributed by atoms with Crippen LogP contribution in [-0.2, 0) is 14.8 Å². The number of sulfonamides is 1. The summed E-state index contributed by atoms with van der Waals surface area (Å²) in [6.45, 7) is 2.45. The van der Waals surface area contributed by atoms with Crippen LogP contribution in [0.5, 0.6) is 0 Å². The maximum absolute atomic E-state index is 11.2. The van der Waals surface area contributed by atoms with Crippen molar-refractivity contribution >= 4 is 15.8 Å². The van der Waals surface area contributed by atoms with E-state index < -0.39 is 10.0 Å². The fourth-order valence-electron chi connectivity index (χ4n) is 1.58. The van der Waals surface area contributed by atoms with Gasteiger partial charge in [-0.25, -0.2) is 12.7 Å². The van der Waals surface area contributed by atoms with E-state index in [1.165, 1.54) is 17.5 Å². The van der Waals surface area contributed by atoms with Gasteiger partial charge in [0.25, 0.3) is 0 Å². The van der Waals surface area contributed by atoms with Gasteiger partial charge in [-0.05, 0) is 19.8 Å². The molecule has 0 amide bonds. The highest BCUT2D eigenvalue weighted by Gasteiger charge is 2.27. The Morgan fingerprint density at radius 2 is 2.08 bits per heavy atom. The van der Waals surface area contributed by atoms with Gasteiger partial charge >= 0.3 is 0 Å². The Balaban J connectivity index is 2.67. The van der Waals surface area contributed by atoms with Crippen molar-refractivity contribution in [1.29, 1.82) is 0 Å². The Morgan fingerprint density at radius 3 is 2.54 bits per heavy atom. The lowest BCUT2D eigenvalue weighted by molar-refractivity contribution is -0.121. The lowest BCUT2D eigenvalue weighted by Gasteiger charge is -2.29. The minimum absolute atomic E-state index is 0.0911. The second kappa shape index (κ2) is 3.75. The van der Waals surface area contributed by atoms with E-state index in [9.17, 15) is 13.2 Å². The second-order valence-corrected chi connectivity index (χ2v) is 5.55. The molecule has 1 atom stereocenters. The summed E-state index contributed by atoms with van der Waals surface area (Å²) in [7, 11) is -3.11. The zero-order valence-corrected chi connectivity index (χ0v) is 8.80. The molecule has 0 aromatic rings. The summed E-state index contributed by atoms with van der Waals surface area (Å²) in [4.78, 5) is 11.0. The van der Waals surface area contributed by atoms with Crippen molar-refractivity contribution in [1.82, 2.24) is 4.31 Å². The standard InChI is InChI=1S/C8H15NO3S/c1-7(10)8-4-3-5-9(6-8)13(2,11)12/h8H,3-6H2,1-2H3. The van der Waals surface area contributed by atoms with E-state index in [-0.39, 0.29) is 11.7 Å². The lowest BCUT2D eigenvalue weighted by atomic mass is 9.96. The van der Waals surface area contributed by atoms with E-state index in [2.05, 4.69) is 0 Å². The topological polar surface area (TPSA) is 54.5 Å². The number of nitrogens with zero attached hydrogens (tertiary/aromatic N) is 1. The zero-order valence-electron chi connectivity index (χ0n) is 7.99. The van der Waals surface area contributed by atoms with Crippen LogP contribution in [0.3, 0.4) is 0 Å². The van der Waals surface area contributed by atoms with Crippen molar-refractivity contribution in [3.8, 4) is 0 Å². The van der Waals surface area contributed by atoms with Crippen molar-refractivity contribution in [3.05, 3.63) is 0 Å². The highest BCUT2D eigenvalue weighted by Crippen LogP contribution is 2.18. The van der Waals surface area contributed by atoms with Gasteiger partial charge < -0.3 is 0 Å². The van der Waals surface area contributed by atoms with E-state index in [1.807, 2.05) is 0 Å². The van der Waals surface area contributed by atoms with Crippen LogP contribution < -0.4 is 0 Å². The summed E-state index contributed by atoms with van der Waals surface area (Å²) < 4.78 is 23.7. The molecule has 76 valence electrons. The molecular weight excluding hydrogens is 190 g/mol. The molecule has 0 aromatic carbocycles. The first-order valence-electron chi connectivity index (χ1n) is 4.37. The van der Waals surface area contributed by atoms with Gasteiger partial charge in [-0.15, -0.1) is 0 Å². The summed E-state index contributed by atoms with van der Waals surface area (Å²) in [5, 5.41) is 0. The highest BCUT2D eigenvalue weighted by atomic mass is 32.2. The van der Waals surface area contributed by atoms with E-state index in [1.54, 1.807) is 0 Å². The van der Waals surface area contributed by atoms with Gasteiger partial charge in [0.05, 0.1) is 6.26 Å². The Bertz CT molecular complexity index is 297. The highest BCUT2D eigenvalue weighted by molar-refractivity contribution is 7.88. The predicted molar refractivity (Wildman–Crippen MR) is 49.8 cm³/mol. The van der Waals surface area contributed by atoms with Crippen LogP contribution in [0.25, 0.3) is 0 Å². The second-order valence-electron chi connectivity index (χ2n) is 3.57.